The Morgan fingerprint density at radius 1 is 1.32 bits per heavy atom. The molecular formula is C14H15ClN2OS. The topological polar surface area (TPSA) is 42.0 Å². The number of nitrogens with zero attached hydrogens (tertiary/aromatic N) is 1. The van der Waals surface area contributed by atoms with Gasteiger partial charge in [-0.25, -0.2) is 4.98 Å². The highest BCUT2D eigenvalue weighted by atomic mass is 35.5. The number of hydrogen-bond acceptors (Lipinski definition) is 3. The Labute approximate surface area is 121 Å². The van der Waals surface area contributed by atoms with Crippen LogP contribution in [0, 0.1) is 13.8 Å². The molecule has 2 aromatic rings. The second-order valence-corrected chi connectivity index (χ2v) is 5.99. The fourth-order valence-electron chi connectivity index (χ4n) is 1.63. The molecule has 5 heteroatoms. The molecule has 0 aliphatic heterocycles. The Balaban J connectivity index is 1.85. The summed E-state index contributed by atoms with van der Waals surface area (Å²) in [6, 6.07) is 6.86. The smallest absolute Gasteiger partial charge is 0.251 e. The predicted octanol–water partition coefficient (Wildman–Crippen LogP) is 3.39. The second-order valence-electron chi connectivity index (χ2n) is 4.26. The Bertz CT molecular complexity index is 558. The third-order valence-electron chi connectivity index (χ3n) is 2.80. The molecule has 0 spiro atoms. The van der Waals surface area contributed by atoms with E-state index in [4.69, 9.17) is 11.6 Å². The summed E-state index contributed by atoms with van der Waals surface area (Å²) >= 11 is 7.46. The van der Waals surface area contributed by atoms with E-state index in [-0.39, 0.29) is 5.91 Å². The van der Waals surface area contributed by atoms with Gasteiger partial charge in [0.25, 0.3) is 5.91 Å². The normalized spacial score (nSPS) is 10.5. The first-order chi connectivity index (χ1) is 9.06. The molecule has 1 heterocycles. The number of rotatable bonds is 4. The van der Waals surface area contributed by atoms with Gasteiger partial charge in [-0.3, -0.25) is 4.79 Å². The molecule has 0 fully saturated rings. The third-order valence-corrected chi connectivity index (χ3v) is 4.19. The number of benzene rings is 1. The number of aromatic nitrogens is 1. The highest BCUT2D eigenvalue weighted by molar-refractivity contribution is 7.11. The summed E-state index contributed by atoms with van der Waals surface area (Å²) < 4.78 is 0. The molecule has 100 valence electrons. The van der Waals surface area contributed by atoms with Gasteiger partial charge >= 0.3 is 0 Å². The molecular weight excluding hydrogens is 280 g/mol. The Kier molecular flexibility index (Phi) is 4.56. The van der Waals surface area contributed by atoms with Crippen LogP contribution < -0.4 is 5.32 Å². The quantitative estimate of drug-likeness (QED) is 0.939. The molecule has 0 aliphatic carbocycles. The minimum Gasteiger partial charge on any atom is -0.352 e. The van der Waals surface area contributed by atoms with Crippen LogP contribution >= 0.6 is 22.9 Å². The van der Waals surface area contributed by atoms with E-state index in [0.29, 0.717) is 17.1 Å². The molecule has 2 rings (SSSR count). The molecule has 0 unspecified atom stereocenters. The third kappa shape index (κ3) is 3.78. The lowest BCUT2D eigenvalue weighted by Crippen LogP contribution is -2.25. The van der Waals surface area contributed by atoms with Crippen LogP contribution in [-0.2, 0) is 6.42 Å². The van der Waals surface area contributed by atoms with Gasteiger partial charge in [0.2, 0.25) is 0 Å². The largest absolute Gasteiger partial charge is 0.352 e. The van der Waals surface area contributed by atoms with Crippen LogP contribution in [0.15, 0.2) is 24.3 Å². The maximum Gasteiger partial charge on any atom is 0.251 e. The number of nitrogens with one attached hydrogen (secondary N) is 1. The van der Waals surface area contributed by atoms with Gasteiger partial charge in [-0.2, -0.15) is 0 Å². The number of aryl methyl sites for hydroxylation is 2. The lowest BCUT2D eigenvalue weighted by atomic mass is 10.2. The first-order valence-corrected chi connectivity index (χ1v) is 7.22. The summed E-state index contributed by atoms with van der Waals surface area (Å²) in [5, 5.41) is 4.57. The predicted molar refractivity (Wildman–Crippen MR) is 79.1 cm³/mol. The Morgan fingerprint density at radius 3 is 2.58 bits per heavy atom. The zero-order valence-electron chi connectivity index (χ0n) is 10.9. The molecule has 0 saturated heterocycles. The molecule has 0 bridgehead atoms. The van der Waals surface area contributed by atoms with E-state index in [0.717, 1.165) is 17.1 Å². The molecule has 3 nitrogen and oxygen atoms in total. The zero-order chi connectivity index (χ0) is 13.8. The second kappa shape index (κ2) is 6.17. The molecule has 0 radical (unpaired) electrons. The van der Waals surface area contributed by atoms with E-state index >= 15 is 0 Å². The van der Waals surface area contributed by atoms with Gasteiger partial charge in [-0.15, -0.1) is 11.3 Å². The molecule has 1 N–H and O–H groups in total. The lowest BCUT2D eigenvalue weighted by molar-refractivity contribution is 0.0954. The van der Waals surface area contributed by atoms with Crippen molar-refractivity contribution in [1.29, 1.82) is 0 Å². The summed E-state index contributed by atoms with van der Waals surface area (Å²) in [7, 11) is 0. The average molecular weight is 295 g/mol. The van der Waals surface area contributed by atoms with Crippen molar-refractivity contribution < 1.29 is 4.79 Å². The first-order valence-electron chi connectivity index (χ1n) is 6.03. The standard InChI is InChI=1S/C14H15ClN2OS/c1-9-10(2)19-13(17-9)7-8-16-14(18)11-3-5-12(15)6-4-11/h3-6H,7-8H2,1-2H3,(H,16,18). The molecule has 0 aliphatic rings. The van der Waals surface area contributed by atoms with E-state index in [2.05, 4.69) is 17.2 Å². The Hall–Kier alpha value is -1.39. The van der Waals surface area contributed by atoms with Crippen molar-refractivity contribution >= 4 is 28.8 Å². The number of hydrogen-bond donors (Lipinski definition) is 1. The van der Waals surface area contributed by atoms with E-state index in [1.807, 2.05) is 6.92 Å². The van der Waals surface area contributed by atoms with E-state index in [1.165, 1.54) is 4.88 Å². The molecule has 1 aromatic heterocycles. The number of carbonyl (C=O) groups is 1. The van der Waals surface area contributed by atoms with Crippen LogP contribution in [0.2, 0.25) is 5.02 Å². The molecule has 0 atom stereocenters. The highest BCUT2D eigenvalue weighted by Gasteiger charge is 2.06. The lowest BCUT2D eigenvalue weighted by Gasteiger charge is -2.03. The van der Waals surface area contributed by atoms with Crippen LogP contribution in [0.4, 0.5) is 0 Å². The van der Waals surface area contributed by atoms with Crippen LogP contribution in [0.3, 0.4) is 0 Å². The summed E-state index contributed by atoms with van der Waals surface area (Å²) in [5.41, 5.74) is 1.69. The SMILES string of the molecule is Cc1nc(CCNC(=O)c2ccc(Cl)cc2)sc1C. The van der Waals surface area contributed by atoms with Gasteiger partial charge in [-0.1, -0.05) is 11.6 Å². The van der Waals surface area contributed by atoms with Crippen molar-refractivity contribution in [2.45, 2.75) is 20.3 Å². The minimum absolute atomic E-state index is 0.0818. The van der Waals surface area contributed by atoms with Gasteiger partial charge in [0.15, 0.2) is 0 Å². The Morgan fingerprint density at radius 2 is 2.00 bits per heavy atom. The van der Waals surface area contributed by atoms with Crippen LogP contribution in [-0.4, -0.2) is 17.4 Å². The van der Waals surface area contributed by atoms with Crippen LogP contribution in [0.1, 0.15) is 25.9 Å². The summed E-state index contributed by atoms with van der Waals surface area (Å²) in [6.45, 7) is 4.65. The van der Waals surface area contributed by atoms with E-state index < -0.39 is 0 Å². The van der Waals surface area contributed by atoms with Crippen molar-refractivity contribution in [3.63, 3.8) is 0 Å². The van der Waals surface area contributed by atoms with Crippen molar-refractivity contribution in [2.75, 3.05) is 6.54 Å². The number of thiazole rings is 1. The van der Waals surface area contributed by atoms with E-state index in [9.17, 15) is 4.79 Å². The van der Waals surface area contributed by atoms with Gasteiger partial charge in [0.05, 0.1) is 10.7 Å². The van der Waals surface area contributed by atoms with Crippen LogP contribution in [0.25, 0.3) is 0 Å². The maximum absolute atomic E-state index is 11.8. The summed E-state index contributed by atoms with van der Waals surface area (Å²) in [4.78, 5) is 17.5. The molecule has 19 heavy (non-hydrogen) atoms. The summed E-state index contributed by atoms with van der Waals surface area (Å²) in [6.07, 6.45) is 0.763. The molecule has 0 saturated carbocycles. The van der Waals surface area contributed by atoms with Gasteiger partial charge in [-0.05, 0) is 38.1 Å². The van der Waals surface area contributed by atoms with Crippen molar-refractivity contribution in [3.8, 4) is 0 Å². The van der Waals surface area contributed by atoms with Gasteiger partial charge in [0, 0.05) is 28.4 Å². The first kappa shape index (κ1) is 14.0. The molecule has 1 aromatic carbocycles. The monoisotopic (exact) mass is 294 g/mol. The van der Waals surface area contributed by atoms with E-state index in [1.54, 1.807) is 35.6 Å². The number of amides is 1. The fraction of sp³-hybridized carbons (Fsp3) is 0.286. The number of carbonyl (C=O) groups excluding carboxylic acids is 1. The van der Waals surface area contributed by atoms with Crippen molar-refractivity contribution in [2.24, 2.45) is 0 Å². The fourth-order valence-corrected chi connectivity index (χ4v) is 2.69. The summed E-state index contributed by atoms with van der Waals surface area (Å²) in [5.74, 6) is -0.0818. The van der Waals surface area contributed by atoms with Crippen molar-refractivity contribution in [3.05, 3.63) is 50.4 Å². The average Bonchev–Trinajstić information content (AvgIpc) is 2.69. The van der Waals surface area contributed by atoms with Gasteiger partial charge < -0.3 is 5.32 Å². The minimum atomic E-state index is -0.0818. The highest BCUT2D eigenvalue weighted by Crippen LogP contribution is 2.16. The molecule has 1 amide bonds. The zero-order valence-corrected chi connectivity index (χ0v) is 12.4. The van der Waals surface area contributed by atoms with Crippen molar-refractivity contribution in [1.82, 2.24) is 10.3 Å². The van der Waals surface area contributed by atoms with Crippen LogP contribution in [0.5, 0.6) is 0 Å². The number of halogens is 1. The maximum atomic E-state index is 11.8. The van der Waals surface area contributed by atoms with Gasteiger partial charge in [0.1, 0.15) is 0 Å².